The lowest BCUT2D eigenvalue weighted by Crippen LogP contribution is -2.09. The number of nitrogens with two attached hydrogens (primary N) is 1. The number of aryl methyl sites for hydroxylation is 1. The van der Waals surface area contributed by atoms with Crippen molar-refractivity contribution < 1.29 is 4.42 Å². The second kappa shape index (κ2) is 3.50. The van der Waals surface area contributed by atoms with Crippen molar-refractivity contribution in [2.75, 3.05) is 0 Å². The first-order chi connectivity index (χ1) is 6.25. The molecule has 0 spiro atoms. The van der Waals surface area contributed by atoms with E-state index in [0.29, 0.717) is 5.89 Å². The zero-order chi connectivity index (χ0) is 9.26. The fourth-order valence-electron chi connectivity index (χ4n) is 1.51. The molecule has 1 fully saturated rings. The summed E-state index contributed by atoms with van der Waals surface area (Å²) in [4.78, 5) is 4.03. The lowest BCUT2D eigenvalue weighted by Gasteiger charge is -2.06. The quantitative estimate of drug-likeness (QED) is 0.772. The molecule has 1 aromatic rings. The van der Waals surface area contributed by atoms with E-state index in [0.717, 1.165) is 18.1 Å². The van der Waals surface area contributed by atoms with Gasteiger partial charge in [-0.05, 0) is 18.8 Å². The van der Waals surface area contributed by atoms with Gasteiger partial charge in [0.2, 0.25) is 0 Å². The first-order valence-corrected chi connectivity index (χ1v) is 4.93. The first-order valence-electron chi connectivity index (χ1n) is 4.93. The van der Waals surface area contributed by atoms with Crippen LogP contribution >= 0.6 is 0 Å². The van der Waals surface area contributed by atoms with E-state index in [2.05, 4.69) is 4.98 Å². The third-order valence-electron chi connectivity index (χ3n) is 2.59. The molecule has 0 aliphatic heterocycles. The first kappa shape index (κ1) is 8.75. The Hall–Kier alpha value is -0.830. The summed E-state index contributed by atoms with van der Waals surface area (Å²) in [5.41, 5.74) is 5.95. The molecule has 0 amide bonds. The Kier molecular flexibility index (Phi) is 2.36. The topological polar surface area (TPSA) is 52.0 Å². The minimum Gasteiger partial charge on any atom is -0.444 e. The molecule has 0 bridgehead atoms. The predicted molar refractivity (Wildman–Crippen MR) is 50.1 cm³/mol. The number of hydrogen-bond donors (Lipinski definition) is 1. The molecule has 1 aromatic heterocycles. The standard InChI is InChI=1S/C10H16N2O/c1-7-12-6-10(13-7)9(11)5-4-8-2-3-8/h6,8-9H,2-5,11H2,1H3. The van der Waals surface area contributed by atoms with Crippen LogP contribution in [0.1, 0.15) is 43.4 Å². The predicted octanol–water partition coefficient (Wildman–Crippen LogP) is 2.17. The van der Waals surface area contributed by atoms with Gasteiger partial charge in [0, 0.05) is 6.92 Å². The second-order valence-corrected chi connectivity index (χ2v) is 3.91. The zero-order valence-corrected chi connectivity index (χ0v) is 7.99. The monoisotopic (exact) mass is 180 g/mol. The number of nitrogens with zero attached hydrogens (tertiary/aromatic N) is 1. The largest absolute Gasteiger partial charge is 0.444 e. The highest BCUT2D eigenvalue weighted by atomic mass is 16.4. The SMILES string of the molecule is Cc1ncc(C(N)CCC2CC2)o1. The van der Waals surface area contributed by atoms with Gasteiger partial charge in [-0.2, -0.15) is 0 Å². The minimum atomic E-state index is 0.0433. The van der Waals surface area contributed by atoms with E-state index in [1.54, 1.807) is 6.20 Å². The van der Waals surface area contributed by atoms with Gasteiger partial charge in [0.05, 0.1) is 12.2 Å². The van der Waals surface area contributed by atoms with E-state index in [9.17, 15) is 0 Å². The van der Waals surface area contributed by atoms with Gasteiger partial charge in [-0.3, -0.25) is 0 Å². The molecular formula is C10H16N2O. The normalized spacial score (nSPS) is 18.9. The summed E-state index contributed by atoms with van der Waals surface area (Å²) in [7, 11) is 0. The van der Waals surface area contributed by atoms with Crippen LogP contribution in [0.2, 0.25) is 0 Å². The summed E-state index contributed by atoms with van der Waals surface area (Å²) in [6.07, 6.45) is 6.79. The highest BCUT2D eigenvalue weighted by Crippen LogP contribution is 2.35. The number of rotatable bonds is 4. The Labute approximate surface area is 78.3 Å². The van der Waals surface area contributed by atoms with Crippen molar-refractivity contribution in [1.29, 1.82) is 0 Å². The van der Waals surface area contributed by atoms with Gasteiger partial charge in [0.25, 0.3) is 0 Å². The van der Waals surface area contributed by atoms with Gasteiger partial charge < -0.3 is 10.2 Å². The van der Waals surface area contributed by atoms with Crippen molar-refractivity contribution in [1.82, 2.24) is 4.98 Å². The van der Waals surface area contributed by atoms with Crippen molar-refractivity contribution in [3.05, 3.63) is 17.8 Å². The molecule has 1 aliphatic carbocycles. The van der Waals surface area contributed by atoms with Gasteiger partial charge in [0.1, 0.15) is 5.76 Å². The summed E-state index contributed by atoms with van der Waals surface area (Å²) >= 11 is 0. The van der Waals surface area contributed by atoms with Crippen LogP contribution < -0.4 is 5.73 Å². The van der Waals surface area contributed by atoms with Crippen LogP contribution in [0.25, 0.3) is 0 Å². The number of oxazole rings is 1. The van der Waals surface area contributed by atoms with Crippen LogP contribution in [-0.2, 0) is 0 Å². The third-order valence-corrected chi connectivity index (χ3v) is 2.59. The second-order valence-electron chi connectivity index (χ2n) is 3.91. The molecule has 0 aromatic carbocycles. The molecule has 3 heteroatoms. The summed E-state index contributed by atoms with van der Waals surface area (Å²) in [5.74, 6) is 2.48. The Morgan fingerprint density at radius 3 is 3.00 bits per heavy atom. The maximum absolute atomic E-state index is 5.95. The van der Waals surface area contributed by atoms with Crippen LogP contribution in [0.15, 0.2) is 10.6 Å². The molecule has 1 saturated carbocycles. The Morgan fingerprint density at radius 2 is 2.46 bits per heavy atom. The highest BCUT2D eigenvalue weighted by molar-refractivity contribution is 4.99. The molecule has 72 valence electrons. The molecule has 13 heavy (non-hydrogen) atoms. The van der Waals surface area contributed by atoms with E-state index >= 15 is 0 Å². The molecule has 2 N–H and O–H groups in total. The molecule has 1 aliphatic rings. The number of hydrogen-bond acceptors (Lipinski definition) is 3. The zero-order valence-electron chi connectivity index (χ0n) is 7.99. The van der Waals surface area contributed by atoms with Gasteiger partial charge in [0.15, 0.2) is 5.89 Å². The van der Waals surface area contributed by atoms with Crippen LogP contribution in [0.4, 0.5) is 0 Å². The van der Waals surface area contributed by atoms with Gasteiger partial charge in [-0.1, -0.05) is 12.8 Å². The molecule has 0 radical (unpaired) electrons. The van der Waals surface area contributed by atoms with Gasteiger partial charge in [-0.25, -0.2) is 4.98 Å². The molecule has 1 unspecified atom stereocenters. The van der Waals surface area contributed by atoms with Crippen molar-refractivity contribution in [2.45, 2.75) is 38.6 Å². The maximum Gasteiger partial charge on any atom is 0.191 e. The third kappa shape index (κ3) is 2.31. The lowest BCUT2D eigenvalue weighted by atomic mass is 10.1. The molecular weight excluding hydrogens is 164 g/mol. The summed E-state index contributed by atoms with van der Waals surface area (Å²) in [6, 6.07) is 0.0433. The number of aromatic nitrogens is 1. The Balaban J connectivity index is 1.84. The summed E-state index contributed by atoms with van der Waals surface area (Å²) in [5, 5.41) is 0. The minimum absolute atomic E-state index is 0.0433. The smallest absolute Gasteiger partial charge is 0.191 e. The van der Waals surface area contributed by atoms with Crippen LogP contribution in [0.5, 0.6) is 0 Å². The average Bonchev–Trinajstić information content (AvgIpc) is 2.84. The van der Waals surface area contributed by atoms with Gasteiger partial charge >= 0.3 is 0 Å². The summed E-state index contributed by atoms with van der Waals surface area (Å²) < 4.78 is 5.36. The van der Waals surface area contributed by atoms with Gasteiger partial charge in [-0.15, -0.1) is 0 Å². The molecule has 3 nitrogen and oxygen atoms in total. The fraction of sp³-hybridized carbons (Fsp3) is 0.700. The molecule has 2 rings (SSSR count). The Bertz CT molecular complexity index is 278. The lowest BCUT2D eigenvalue weighted by molar-refractivity contribution is 0.420. The molecule has 0 saturated heterocycles. The summed E-state index contributed by atoms with van der Waals surface area (Å²) in [6.45, 7) is 1.84. The van der Waals surface area contributed by atoms with E-state index in [-0.39, 0.29) is 6.04 Å². The van der Waals surface area contributed by atoms with E-state index < -0.39 is 0 Å². The van der Waals surface area contributed by atoms with Crippen molar-refractivity contribution in [3.63, 3.8) is 0 Å². The fourth-order valence-corrected chi connectivity index (χ4v) is 1.51. The Morgan fingerprint density at radius 1 is 1.69 bits per heavy atom. The van der Waals surface area contributed by atoms with E-state index in [1.165, 1.54) is 19.3 Å². The van der Waals surface area contributed by atoms with Crippen molar-refractivity contribution in [3.8, 4) is 0 Å². The molecule has 1 heterocycles. The van der Waals surface area contributed by atoms with Crippen molar-refractivity contribution in [2.24, 2.45) is 11.7 Å². The van der Waals surface area contributed by atoms with Crippen LogP contribution in [0.3, 0.4) is 0 Å². The van der Waals surface area contributed by atoms with E-state index in [4.69, 9.17) is 10.2 Å². The molecule has 1 atom stereocenters. The van der Waals surface area contributed by atoms with E-state index in [1.807, 2.05) is 6.92 Å². The van der Waals surface area contributed by atoms with Crippen LogP contribution in [-0.4, -0.2) is 4.98 Å². The van der Waals surface area contributed by atoms with Crippen LogP contribution in [0, 0.1) is 12.8 Å². The maximum atomic E-state index is 5.95. The average molecular weight is 180 g/mol. The highest BCUT2D eigenvalue weighted by Gasteiger charge is 2.22. The van der Waals surface area contributed by atoms with Crippen molar-refractivity contribution >= 4 is 0 Å².